The molecule has 0 spiro atoms. The van der Waals surface area contributed by atoms with Crippen molar-refractivity contribution in [3.8, 4) is 0 Å². The molecular weight excluding hydrogens is 362 g/mol. The predicted octanol–water partition coefficient (Wildman–Crippen LogP) is 1.14. The smallest absolute Gasteiger partial charge is 0.332 e. The lowest BCUT2D eigenvalue weighted by Crippen LogP contribution is -2.43. The summed E-state index contributed by atoms with van der Waals surface area (Å²) in [7, 11) is 1.28. The van der Waals surface area contributed by atoms with Crippen molar-refractivity contribution < 1.29 is 14.3 Å². The monoisotopic (exact) mass is 387 g/mol. The molecule has 1 aromatic heterocycles. The van der Waals surface area contributed by atoms with Gasteiger partial charge in [0.1, 0.15) is 11.4 Å². The molecule has 0 atom stereocenters. The van der Waals surface area contributed by atoms with Gasteiger partial charge in [-0.1, -0.05) is 44.2 Å². The van der Waals surface area contributed by atoms with Gasteiger partial charge in [0.2, 0.25) is 5.78 Å². The lowest BCUT2D eigenvalue weighted by atomic mass is 10.1. The van der Waals surface area contributed by atoms with Gasteiger partial charge in [0.25, 0.3) is 5.56 Å². The van der Waals surface area contributed by atoms with E-state index in [4.69, 9.17) is 10.5 Å². The molecule has 0 amide bonds. The van der Waals surface area contributed by atoms with Gasteiger partial charge in [-0.3, -0.25) is 23.5 Å². The molecule has 2 aromatic rings. The number of benzene rings is 1. The first-order valence-electron chi connectivity index (χ1n) is 9.04. The minimum Gasteiger partial charge on any atom is -0.457 e. The first-order chi connectivity index (χ1) is 13.2. The number of hydrogen-bond acceptors (Lipinski definition) is 6. The number of aromatic nitrogens is 2. The van der Waals surface area contributed by atoms with E-state index >= 15 is 0 Å². The standard InChI is InChI=1S/C20H25N3O5/c1-13(2)11-23-18(21)17(19(26)22(3)20(23)27)15(24)12-28-16(25)10-9-14-7-5-4-6-8-14/h4-8,13H,9-12,21H2,1-3H3. The number of ether oxygens (including phenoxy) is 1. The molecule has 2 rings (SSSR count). The van der Waals surface area contributed by atoms with Gasteiger partial charge in [0, 0.05) is 20.0 Å². The highest BCUT2D eigenvalue weighted by Gasteiger charge is 2.22. The average Bonchev–Trinajstić information content (AvgIpc) is 2.67. The zero-order valence-electron chi connectivity index (χ0n) is 16.3. The van der Waals surface area contributed by atoms with Crippen LogP contribution in [0.4, 0.5) is 5.82 Å². The molecule has 1 aromatic carbocycles. The second-order valence-electron chi connectivity index (χ2n) is 6.98. The second-order valence-corrected chi connectivity index (χ2v) is 6.98. The van der Waals surface area contributed by atoms with Gasteiger partial charge in [-0.25, -0.2) is 4.79 Å². The maximum absolute atomic E-state index is 12.5. The summed E-state index contributed by atoms with van der Waals surface area (Å²) >= 11 is 0. The van der Waals surface area contributed by atoms with Crippen LogP contribution in [0.3, 0.4) is 0 Å². The van der Waals surface area contributed by atoms with E-state index in [0.29, 0.717) is 6.42 Å². The second kappa shape index (κ2) is 9.16. The first-order valence-corrected chi connectivity index (χ1v) is 9.04. The molecule has 8 heteroatoms. The number of nitrogens with zero attached hydrogens (tertiary/aromatic N) is 2. The molecule has 0 aliphatic carbocycles. The van der Waals surface area contributed by atoms with E-state index in [1.54, 1.807) is 0 Å². The van der Waals surface area contributed by atoms with Crippen molar-refractivity contribution >= 4 is 17.6 Å². The lowest BCUT2D eigenvalue weighted by molar-refractivity contribution is -0.142. The first kappa shape index (κ1) is 21.1. The Morgan fingerprint density at radius 1 is 1.14 bits per heavy atom. The number of Topliss-reactive ketones (excluding diaryl/α,β-unsaturated/α-hetero) is 1. The van der Waals surface area contributed by atoms with Crippen molar-refractivity contribution in [2.75, 3.05) is 12.3 Å². The number of aryl methyl sites for hydroxylation is 1. The Morgan fingerprint density at radius 2 is 1.79 bits per heavy atom. The van der Waals surface area contributed by atoms with Crippen LogP contribution in [0.5, 0.6) is 0 Å². The number of rotatable bonds is 8. The number of nitrogen functional groups attached to an aromatic ring is 1. The van der Waals surface area contributed by atoms with Crippen LogP contribution in [0.25, 0.3) is 0 Å². The van der Waals surface area contributed by atoms with Gasteiger partial charge in [-0.15, -0.1) is 0 Å². The summed E-state index contributed by atoms with van der Waals surface area (Å²) in [6.45, 7) is 3.42. The van der Waals surface area contributed by atoms with E-state index in [2.05, 4.69) is 0 Å². The van der Waals surface area contributed by atoms with E-state index in [1.165, 1.54) is 11.6 Å². The average molecular weight is 387 g/mol. The van der Waals surface area contributed by atoms with Crippen LogP contribution < -0.4 is 17.0 Å². The third kappa shape index (κ3) is 4.97. The number of carbonyl (C=O) groups excluding carboxylic acids is 2. The van der Waals surface area contributed by atoms with Gasteiger partial charge in [-0.05, 0) is 17.9 Å². The van der Waals surface area contributed by atoms with Gasteiger partial charge >= 0.3 is 11.7 Å². The Bertz CT molecular complexity index is 974. The predicted molar refractivity (Wildman–Crippen MR) is 105 cm³/mol. The summed E-state index contributed by atoms with van der Waals surface area (Å²) in [5, 5.41) is 0. The van der Waals surface area contributed by atoms with E-state index in [-0.39, 0.29) is 30.3 Å². The van der Waals surface area contributed by atoms with E-state index < -0.39 is 29.6 Å². The Kier molecular flexibility index (Phi) is 6.92. The molecule has 150 valence electrons. The summed E-state index contributed by atoms with van der Waals surface area (Å²) in [5.74, 6) is -1.41. The highest BCUT2D eigenvalue weighted by Crippen LogP contribution is 2.09. The molecular formula is C20H25N3O5. The van der Waals surface area contributed by atoms with Crippen molar-refractivity contribution in [1.82, 2.24) is 9.13 Å². The van der Waals surface area contributed by atoms with Crippen molar-refractivity contribution in [1.29, 1.82) is 0 Å². The fraction of sp³-hybridized carbons (Fsp3) is 0.400. The van der Waals surface area contributed by atoms with E-state index in [1.807, 2.05) is 44.2 Å². The SMILES string of the molecule is CC(C)Cn1c(N)c(C(=O)COC(=O)CCc2ccccc2)c(=O)n(C)c1=O. The summed E-state index contributed by atoms with van der Waals surface area (Å²) in [5.41, 5.74) is 5.19. The number of nitrogens with two attached hydrogens (primary N) is 1. The van der Waals surface area contributed by atoms with Gasteiger partial charge in [-0.2, -0.15) is 0 Å². The van der Waals surface area contributed by atoms with Crippen LogP contribution in [-0.2, 0) is 29.5 Å². The van der Waals surface area contributed by atoms with Gasteiger partial charge < -0.3 is 10.5 Å². The van der Waals surface area contributed by atoms with E-state index in [9.17, 15) is 19.2 Å². The lowest BCUT2D eigenvalue weighted by Gasteiger charge is -2.16. The maximum Gasteiger partial charge on any atom is 0.332 e. The number of carbonyl (C=O) groups is 2. The third-order valence-electron chi connectivity index (χ3n) is 4.23. The van der Waals surface area contributed by atoms with Crippen LogP contribution in [0.15, 0.2) is 39.9 Å². The summed E-state index contributed by atoms with van der Waals surface area (Å²) in [6, 6.07) is 9.40. The quantitative estimate of drug-likeness (QED) is 0.537. The number of hydrogen-bond donors (Lipinski definition) is 1. The summed E-state index contributed by atoms with van der Waals surface area (Å²) in [6.07, 6.45) is 0.592. The largest absolute Gasteiger partial charge is 0.457 e. The Hall–Kier alpha value is -3.16. The van der Waals surface area contributed by atoms with E-state index in [0.717, 1.165) is 10.1 Å². The maximum atomic E-state index is 12.5. The zero-order chi connectivity index (χ0) is 20.8. The van der Waals surface area contributed by atoms with Crippen molar-refractivity contribution in [2.45, 2.75) is 33.2 Å². The summed E-state index contributed by atoms with van der Waals surface area (Å²) in [4.78, 5) is 49.0. The minimum absolute atomic E-state index is 0.0799. The molecule has 0 radical (unpaired) electrons. The molecule has 0 saturated heterocycles. The highest BCUT2D eigenvalue weighted by atomic mass is 16.5. The summed E-state index contributed by atoms with van der Waals surface area (Å²) < 4.78 is 7.03. The van der Waals surface area contributed by atoms with Crippen LogP contribution in [-0.4, -0.2) is 27.5 Å². The van der Waals surface area contributed by atoms with Crippen molar-refractivity contribution in [3.63, 3.8) is 0 Å². The molecule has 0 unspecified atom stereocenters. The highest BCUT2D eigenvalue weighted by molar-refractivity contribution is 6.01. The Labute approximate surface area is 162 Å². The molecule has 8 nitrogen and oxygen atoms in total. The molecule has 0 aliphatic heterocycles. The van der Waals surface area contributed by atoms with Crippen molar-refractivity contribution in [3.05, 3.63) is 62.3 Å². The molecule has 0 aliphatic rings. The van der Waals surface area contributed by atoms with Gasteiger partial charge in [0.05, 0.1) is 0 Å². The third-order valence-corrected chi connectivity index (χ3v) is 4.23. The van der Waals surface area contributed by atoms with Gasteiger partial charge in [0.15, 0.2) is 6.61 Å². The van der Waals surface area contributed by atoms with Crippen LogP contribution in [0.2, 0.25) is 0 Å². The zero-order valence-corrected chi connectivity index (χ0v) is 16.3. The molecule has 0 saturated carbocycles. The fourth-order valence-corrected chi connectivity index (χ4v) is 2.77. The normalized spacial score (nSPS) is 10.9. The molecule has 28 heavy (non-hydrogen) atoms. The molecule has 2 N–H and O–H groups in total. The topological polar surface area (TPSA) is 113 Å². The van der Waals surface area contributed by atoms with Crippen LogP contribution in [0.1, 0.15) is 36.2 Å². The molecule has 1 heterocycles. The molecule has 0 bridgehead atoms. The number of esters is 1. The Morgan fingerprint density at radius 3 is 2.39 bits per heavy atom. The van der Waals surface area contributed by atoms with Crippen LogP contribution >= 0.6 is 0 Å². The molecule has 0 fully saturated rings. The minimum atomic E-state index is -0.798. The number of anilines is 1. The fourth-order valence-electron chi connectivity index (χ4n) is 2.77. The number of ketones is 1. The van der Waals surface area contributed by atoms with Crippen molar-refractivity contribution in [2.24, 2.45) is 13.0 Å². The Balaban J connectivity index is 2.11. The van der Waals surface area contributed by atoms with Crippen LogP contribution in [0, 0.1) is 5.92 Å².